The van der Waals surface area contributed by atoms with E-state index in [2.05, 4.69) is 26.1 Å². The Morgan fingerprint density at radius 1 is 1.08 bits per heavy atom. The predicted molar refractivity (Wildman–Crippen MR) is 96.1 cm³/mol. The number of amides is 1. The molecule has 1 amide bonds. The van der Waals surface area contributed by atoms with Crippen molar-refractivity contribution in [2.45, 2.75) is 32.6 Å². The number of benzene rings is 1. The Kier molecular flexibility index (Phi) is 6.33. The van der Waals surface area contributed by atoms with Crippen LogP contribution >= 0.6 is 0 Å². The third-order valence-electron chi connectivity index (χ3n) is 3.80. The molecule has 1 aromatic carbocycles. The molecule has 1 heterocycles. The largest absolute Gasteiger partial charge is 0.459 e. The number of Topliss-reactive ketones (excluding diaryl/α,β-unsaturated/α-hetero) is 1. The van der Waals surface area contributed by atoms with Gasteiger partial charge >= 0.3 is 5.97 Å². The first-order chi connectivity index (χ1) is 12.3. The number of hydrogen-bond acceptors (Lipinski definition) is 5. The van der Waals surface area contributed by atoms with Gasteiger partial charge in [0.25, 0.3) is 5.91 Å². The number of carbonyl (C=O) groups is 3. The minimum absolute atomic E-state index is 0.00806. The second-order valence-corrected chi connectivity index (χ2v) is 6.89. The van der Waals surface area contributed by atoms with E-state index >= 15 is 0 Å². The van der Waals surface area contributed by atoms with E-state index in [1.807, 2.05) is 12.1 Å². The first kappa shape index (κ1) is 19.4. The second-order valence-electron chi connectivity index (χ2n) is 6.89. The number of esters is 1. The van der Waals surface area contributed by atoms with Gasteiger partial charge in [-0.15, -0.1) is 0 Å². The van der Waals surface area contributed by atoms with E-state index < -0.39 is 11.9 Å². The molecule has 0 fully saturated rings. The van der Waals surface area contributed by atoms with Gasteiger partial charge in [0.1, 0.15) is 0 Å². The van der Waals surface area contributed by atoms with Crippen LogP contribution < -0.4 is 5.32 Å². The molecular formula is C20H23NO5. The molecule has 0 radical (unpaired) electrons. The number of ether oxygens (including phenoxy) is 1. The zero-order valence-electron chi connectivity index (χ0n) is 15.2. The normalized spacial score (nSPS) is 11.0. The van der Waals surface area contributed by atoms with Gasteiger partial charge < -0.3 is 14.5 Å². The predicted octanol–water partition coefficient (Wildman–Crippen LogP) is 3.12. The highest BCUT2D eigenvalue weighted by molar-refractivity contribution is 5.98. The average Bonchev–Trinajstić information content (AvgIpc) is 3.13. The molecule has 0 aliphatic rings. The molecule has 1 aromatic heterocycles. The molecule has 2 aromatic rings. The average molecular weight is 357 g/mol. The Labute approximate surface area is 152 Å². The van der Waals surface area contributed by atoms with Crippen LogP contribution in [0.1, 0.15) is 53.7 Å². The summed E-state index contributed by atoms with van der Waals surface area (Å²) in [6.45, 7) is 6.06. The van der Waals surface area contributed by atoms with Crippen LogP contribution in [-0.2, 0) is 14.9 Å². The quantitative estimate of drug-likeness (QED) is 0.608. The van der Waals surface area contributed by atoms with Crippen LogP contribution in [0.4, 0.5) is 0 Å². The number of hydrogen-bond donors (Lipinski definition) is 1. The zero-order valence-corrected chi connectivity index (χ0v) is 15.2. The zero-order chi connectivity index (χ0) is 19.2. The van der Waals surface area contributed by atoms with Crippen LogP contribution in [0.2, 0.25) is 0 Å². The fraction of sp³-hybridized carbons (Fsp3) is 0.350. The van der Waals surface area contributed by atoms with Gasteiger partial charge in [-0.05, 0) is 23.1 Å². The molecule has 1 N–H and O–H groups in total. The molecule has 6 heteroatoms. The molecule has 2 rings (SSSR count). The third-order valence-corrected chi connectivity index (χ3v) is 3.80. The molecule has 0 saturated heterocycles. The molecule has 6 nitrogen and oxygen atoms in total. The van der Waals surface area contributed by atoms with E-state index in [1.54, 1.807) is 18.2 Å². The van der Waals surface area contributed by atoms with Gasteiger partial charge in [0.05, 0.1) is 12.7 Å². The highest BCUT2D eigenvalue weighted by Gasteiger charge is 2.15. The van der Waals surface area contributed by atoms with Crippen LogP contribution in [-0.4, -0.2) is 30.8 Å². The standard InChI is InChI=1S/C20H23NO5/c1-20(2,3)15-8-6-14(7-9-15)16(22)13-26-18(23)10-11-21-19(24)17-5-4-12-25-17/h4-9,12H,10-11,13H2,1-3H3,(H,21,24). The van der Waals surface area contributed by atoms with Gasteiger partial charge in [0, 0.05) is 12.1 Å². The maximum absolute atomic E-state index is 12.1. The van der Waals surface area contributed by atoms with Crippen LogP contribution in [0.5, 0.6) is 0 Å². The number of rotatable bonds is 7. The molecule has 0 atom stereocenters. The van der Waals surface area contributed by atoms with Crippen molar-refractivity contribution in [1.29, 1.82) is 0 Å². The lowest BCUT2D eigenvalue weighted by molar-refractivity contribution is -0.142. The first-order valence-electron chi connectivity index (χ1n) is 8.38. The van der Waals surface area contributed by atoms with Gasteiger partial charge in [0.15, 0.2) is 18.2 Å². The Bertz CT molecular complexity index is 754. The van der Waals surface area contributed by atoms with E-state index in [1.165, 1.54) is 12.3 Å². The molecule has 0 aliphatic heterocycles. The molecule has 138 valence electrons. The van der Waals surface area contributed by atoms with E-state index in [-0.39, 0.29) is 36.5 Å². The lowest BCUT2D eigenvalue weighted by Gasteiger charge is -2.18. The summed E-state index contributed by atoms with van der Waals surface area (Å²) in [7, 11) is 0. The summed E-state index contributed by atoms with van der Waals surface area (Å²) in [5, 5.41) is 2.54. The van der Waals surface area contributed by atoms with E-state index in [0.29, 0.717) is 5.56 Å². The van der Waals surface area contributed by atoms with Gasteiger partial charge in [-0.25, -0.2) is 0 Å². The van der Waals surface area contributed by atoms with E-state index in [9.17, 15) is 14.4 Å². The fourth-order valence-corrected chi connectivity index (χ4v) is 2.23. The Morgan fingerprint density at radius 3 is 2.35 bits per heavy atom. The molecule has 0 spiro atoms. The second kappa shape index (κ2) is 8.47. The fourth-order valence-electron chi connectivity index (χ4n) is 2.23. The van der Waals surface area contributed by atoms with Crippen molar-refractivity contribution in [3.05, 3.63) is 59.5 Å². The Morgan fingerprint density at radius 2 is 1.77 bits per heavy atom. The summed E-state index contributed by atoms with van der Waals surface area (Å²) in [5.74, 6) is -1.05. The van der Waals surface area contributed by atoms with E-state index in [0.717, 1.165) is 5.56 Å². The topological polar surface area (TPSA) is 85.6 Å². The number of ketones is 1. The summed E-state index contributed by atoms with van der Waals surface area (Å²) in [6, 6.07) is 10.4. The Balaban J connectivity index is 1.73. The summed E-state index contributed by atoms with van der Waals surface area (Å²) < 4.78 is 9.90. The number of carbonyl (C=O) groups excluding carboxylic acids is 3. The summed E-state index contributed by atoms with van der Waals surface area (Å²) in [4.78, 5) is 35.4. The Hall–Kier alpha value is -2.89. The van der Waals surface area contributed by atoms with Gasteiger partial charge in [-0.2, -0.15) is 0 Å². The van der Waals surface area contributed by atoms with Crippen molar-refractivity contribution in [3.63, 3.8) is 0 Å². The maximum Gasteiger partial charge on any atom is 0.308 e. The minimum atomic E-state index is -0.551. The lowest BCUT2D eigenvalue weighted by Crippen LogP contribution is -2.26. The molecule has 0 saturated carbocycles. The van der Waals surface area contributed by atoms with Gasteiger partial charge in [-0.3, -0.25) is 14.4 Å². The summed E-state index contributed by atoms with van der Waals surface area (Å²) >= 11 is 0. The highest BCUT2D eigenvalue weighted by atomic mass is 16.5. The first-order valence-corrected chi connectivity index (χ1v) is 8.38. The molecule has 0 aliphatic carbocycles. The summed E-state index contributed by atoms with van der Waals surface area (Å²) in [6.07, 6.45) is 1.37. The van der Waals surface area contributed by atoms with Crippen molar-refractivity contribution < 1.29 is 23.5 Å². The molecular weight excluding hydrogens is 334 g/mol. The van der Waals surface area contributed by atoms with Crippen LogP contribution in [0.25, 0.3) is 0 Å². The number of nitrogens with one attached hydrogen (secondary N) is 1. The lowest BCUT2D eigenvalue weighted by atomic mass is 9.86. The van der Waals surface area contributed by atoms with Crippen LogP contribution in [0.3, 0.4) is 0 Å². The summed E-state index contributed by atoms with van der Waals surface area (Å²) in [5.41, 5.74) is 1.63. The van der Waals surface area contributed by atoms with Crippen molar-refractivity contribution >= 4 is 17.7 Å². The highest BCUT2D eigenvalue weighted by Crippen LogP contribution is 2.22. The molecule has 0 bridgehead atoms. The smallest absolute Gasteiger partial charge is 0.308 e. The monoisotopic (exact) mass is 357 g/mol. The molecule has 26 heavy (non-hydrogen) atoms. The molecule has 0 unspecified atom stereocenters. The maximum atomic E-state index is 12.1. The van der Waals surface area contributed by atoms with Gasteiger partial charge in [0.2, 0.25) is 0 Å². The minimum Gasteiger partial charge on any atom is -0.459 e. The van der Waals surface area contributed by atoms with Crippen molar-refractivity contribution in [2.24, 2.45) is 0 Å². The SMILES string of the molecule is CC(C)(C)c1ccc(C(=O)COC(=O)CCNC(=O)c2ccco2)cc1. The van der Waals surface area contributed by atoms with Crippen molar-refractivity contribution in [1.82, 2.24) is 5.32 Å². The van der Waals surface area contributed by atoms with Gasteiger partial charge in [-0.1, -0.05) is 45.0 Å². The number of furan rings is 1. The van der Waals surface area contributed by atoms with Crippen molar-refractivity contribution in [2.75, 3.05) is 13.2 Å². The van der Waals surface area contributed by atoms with Crippen LogP contribution in [0, 0.1) is 0 Å². The van der Waals surface area contributed by atoms with E-state index in [4.69, 9.17) is 9.15 Å². The van der Waals surface area contributed by atoms with Crippen molar-refractivity contribution in [3.8, 4) is 0 Å². The third kappa shape index (κ3) is 5.58. The van der Waals surface area contributed by atoms with Crippen LogP contribution in [0.15, 0.2) is 47.1 Å².